The van der Waals surface area contributed by atoms with Gasteiger partial charge in [-0.25, -0.2) is 4.98 Å². The van der Waals surface area contributed by atoms with E-state index < -0.39 is 17.7 Å². The van der Waals surface area contributed by atoms with Gasteiger partial charge in [0, 0.05) is 6.04 Å². The molecule has 106 valence electrons. The van der Waals surface area contributed by atoms with Gasteiger partial charge < -0.3 is 5.32 Å². The minimum atomic E-state index is -4.35. The molecule has 0 spiro atoms. The van der Waals surface area contributed by atoms with Crippen molar-refractivity contribution in [2.75, 3.05) is 5.32 Å². The van der Waals surface area contributed by atoms with Crippen LogP contribution >= 0.6 is 0 Å². The number of pyridine rings is 1. The Morgan fingerprint density at radius 2 is 1.70 bits per heavy atom. The van der Waals surface area contributed by atoms with Crippen molar-refractivity contribution in [3.63, 3.8) is 0 Å². The SMILES string of the molecule is CC(Nc1cccc(F)n1)c1ccc(C(F)(F)F)cc1. The largest absolute Gasteiger partial charge is 0.416 e. The van der Waals surface area contributed by atoms with Gasteiger partial charge in [-0.3, -0.25) is 0 Å². The lowest BCUT2D eigenvalue weighted by atomic mass is 10.1. The predicted molar refractivity (Wildman–Crippen MR) is 67.7 cm³/mol. The molecule has 1 aromatic carbocycles. The van der Waals surface area contributed by atoms with Crippen LogP contribution in [0.2, 0.25) is 0 Å². The van der Waals surface area contributed by atoms with Gasteiger partial charge in [-0.2, -0.15) is 17.6 Å². The van der Waals surface area contributed by atoms with Crippen molar-refractivity contribution in [2.24, 2.45) is 0 Å². The van der Waals surface area contributed by atoms with Crippen LogP contribution < -0.4 is 5.32 Å². The molecule has 0 radical (unpaired) electrons. The first-order chi connectivity index (χ1) is 9.36. The fourth-order valence-corrected chi connectivity index (χ4v) is 1.75. The summed E-state index contributed by atoms with van der Waals surface area (Å²) >= 11 is 0. The van der Waals surface area contributed by atoms with Crippen LogP contribution in [0, 0.1) is 5.95 Å². The molecule has 2 nitrogen and oxygen atoms in total. The number of hydrogen-bond donors (Lipinski definition) is 1. The summed E-state index contributed by atoms with van der Waals surface area (Å²) < 4.78 is 50.3. The van der Waals surface area contributed by atoms with E-state index in [1.54, 1.807) is 13.0 Å². The first-order valence-corrected chi connectivity index (χ1v) is 5.92. The minimum Gasteiger partial charge on any atom is -0.363 e. The zero-order valence-electron chi connectivity index (χ0n) is 10.6. The van der Waals surface area contributed by atoms with Gasteiger partial charge in [-0.1, -0.05) is 18.2 Å². The smallest absolute Gasteiger partial charge is 0.363 e. The van der Waals surface area contributed by atoms with Crippen molar-refractivity contribution in [3.8, 4) is 0 Å². The van der Waals surface area contributed by atoms with Crippen LogP contribution in [0.5, 0.6) is 0 Å². The highest BCUT2D eigenvalue weighted by molar-refractivity contribution is 5.38. The molecule has 20 heavy (non-hydrogen) atoms. The molecule has 0 saturated carbocycles. The molecule has 0 aliphatic carbocycles. The van der Waals surface area contributed by atoms with E-state index in [0.29, 0.717) is 11.4 Å². The second-order valence-corrected chi connectivity index (χ2v) is 4.33. The van der Waals surface area contributed by atoms with E-state index in [4.69, 9.17) is 0 Å². The lowest BCUT2D eigenvalue weighted by molar-refractivity contribution is -0.137. The first-order valence-electron chi connectivity index (χ1n) is 5.92. The van der Waals surface area contributed by atoms with Crippen LogP contribution in [-0.2, 0) is 6.18 Å². The van der Waals surface area contributed by atoms with Gasteiger partial charge in [0.2, 0.25) is 5.95 Å². The number of nitrogens with zero attached hydrogens (tertiary/aromatic N) is 1. The van der Waals surface area contributed by atoms with Gasteiger partial charge in [0.05, 0.1) is 5.56 Å². The first kappa shape index (κ1) is 14.3. The molecule has 0 bridgehead atoms. The molecule has 0 fully saturated rings. The van der Waals surface area contributed by atoms with Crippen LogP contribution in [0.3, 0.4) is 0 Å². The van der Waals surface area contributed by atoms with Crippen molar-refractivity contribution in [1.29, 1.82) is 0 Å². The Morgan fingerprint density at radius 3 is 2.25 bits per heavy atom. The normalized spacial score (nSPS) is 13.1. The van der Waals surface area contributed by atoms with E-state index in [1.165, 1.54) is 24.3 Å². The third kappa shape index (κ3) is 3.46. The lowest BCUT2D eigenvalue weighted by Gasteiger charge is -2.16. The summed E-state index contributed by atoms with van der Waals surface area (Å²) in [4.78, 5) is 3.64. The van der Waals surface area contributed by atoms with Crippen molar-refractivity contribution < 1.29 is 17.6 Å². The fraction of sp³-hybridized carbons (Fsp3) is 0.214. The second-order valence-electron chi connectivity index (χ2n) is 4.33. The topological polar surface area (TPSA) is 24.9 Å². The van der Waals surface area contributed by atoms with Gasteiger partial charge >= 0.3 is 6.18 Å². The molecule has 2 rings (SSSR count). The molecule has 1 N–H and O–H groups in total. The quantitative estimate of drug-likeness (QED) is 0.667. The third-order valence-electron chi connectivity index (χ3n) is 2.82. The maximum atomic E-state index is 12.9. The van der Waals surface area contributed by atoms with Gasteiger partial charge in [-0.05, 0) is 36.8 Å². The van der Waals surface area contributed by atoms with Crippen LogP contribution in [0.4, 0.5) is 23.4 Å². The Morgan fingerprint density at radius 1 is 1.05 bits per heavy atom. The molecule has 1 aromatic heterocycles. The summed E-state index contributed by atoms with van der Waals surface area (Å²) in [7, 11) is 0. The van der Waals surface area contributed by atoms with E-state index in [1.807, 2.05) is 0 Å². The molecule has 0 aliphatic heterocycles. The second kappa shape index (κ2) is 5.48. The monoisotopic (exact) mass is 284 g/mol. The molecule has 1 atom stereocenters. The standard InChI is InChI=1S/C14H12F4N2/c1-9(19-13-4-2-3-12(15)20-13)10-5-7-11(8-6-10)14(16,17)18/h2-9H,1H3,(H,19,20). The zero-order valence-corrected chi connectivity index (χ0v) is 10.6. The van der Waals surface area contributed by atoms with Crippen LogP contribution in [0.1, 0.15) is 24.1 Å². The number of nitrogens with one attached hydrogen (secondary N) is 1. The molecule has 1 heterocycles. The number of anilines is 1. The van der Waals surface area contributed by atoms with Crippen LogP contribution in [0.15, 0.2) is 42.5 Å². The molecule has 6 heteroatoms. The maximum Gasteiger partial charge on any atom is 0.416 e. The Labute approximate surface area is 113 Å². The number of halogens is 4. The van der Waals surface area contributed by atoms with Crippen molar-refractivity contribution in [3.05, 3.63) is 59.5 Å². The highest BCUT2D eigenvalue weighted by atomic mass is 19.4. The molecule has 0 aliphatic rings. The van der Waals surface area contributed by atoms with Gasteiger partial charge in [-0.15, -0.1) is 0 Å². The van der Waals surface area contributed by atoms with Gasteiger partial charge in [0.1, 0.15) is 5.82 Å². The molecule has 0 amide bonds. The summed E-state index contributed by atoms with van der Waals surface area (Å²) in [6.45, 7) is 1.76. The average Bonchev–Trinajstić information content (AvgIpc) is 2.38. The van der Waals surface area contributed by atoms with E-state index in [-0.39, 0.29) is 6.04 Å². The Balaban J connectivity index is 2.11. The highest BCUT2D eigenvalue weighted by Crippen LogP contribution is 2.30. The molecular weight excluding hydrogens is 272 g/mol. The number of benzene rings is 1. The number of aromatic nitrogens is 1. The molecule has 0 saturated heterocycles. The van der Waals surface area contributed by atoms with Gasteiger partial charge in [0.15, 0.2) is 0 Å². The molecular formula is C14H12F4N2. The van der Waals surface area contributed by atoms with E-state index in [9.17, 15) is 17.6 Å². The average molecular weight is 284 g/mol. The lowest BCUT2D eigenvalue weighted by Crippen LogP contribution is -2.09. The van der Waals surface area contributed by atoms with Crippen molar-refractivity contribution in [2.45, 2.75) is 19.1 Å². The van der Waals surface area contributed by atoms with Gasteiger partial charge in [0.25, 0.3) is 0 Å². The predicted octanol–water partition coefficient (Wildman–Crippen LogP) is 4.41. The number of hydrogen-bond acceptors (Lipinski definition) is 2. The molecule has 1 unspecified atom stereocenters. The van der Waals surface area contributed by atoms with E-state index in [0.717, 1.165) is 12.1 Å². The Bertz CT molecular complexity index is 578. The third-order valence-corrected chi connectivity index (χ3v) is 2.82. The number of rotatable bonds is 3. The fourth-order valence-electron chi connectivity index (χ4n) is 1.75. The van der Waals surface area contributed by atoms with Crippen LogP contribution in [0.25, 0.3) is 0 Å². The minimum absolute atomic E-state index is 0.286. The van der Waals surface area contributed by atoms with Crippen LogP contribution in [-0.4, -0.2) is 4.98 Å². The summed E-state index contributed by atoms with van der Waals surface area (Å²) in [5, 5.41) is 2.92. The van der Waals surface area contributed by atoms with E-state index >= 15 is 0 Å². The Kier molecular flexibility index (Phi) is 3.92. The maximum absolute atomic E-state index is 12.9. The van der Waals surface area contributed by atoms with Crippen molar-refractivity contribution >= 4 is 5.82 Å². The summed E-state index contributed by atoms with van der Waals surface area (Å²) in [5.41, 5.74) is -0.0404. The summed E-state index contributed by atoms with van der Waals surface area (Å²) in [6.07, 6.45) is -4.35. The Hall–Kier alpha value is -2.11. The summed E-state index contributed by atoms with van der Waals surface area (Å²) in [5.74, 6) is -0.285. The zero-order chi connectivity index (χ0) is 14.8. The number of alkyl halides is 3. The highest BCUT2D eigenvalue weighted by Gasteiger charge is 2.30. The van der Waals surface area contributed by atoms with E-state index in [2.05, 4.69) is 10.3 Å². The summed E-state index contributed by atoms with van der Waals surface area (Å²) in [6, 6.07) is 8.84. The molecule has 2 aromatic rings. The van der Waals surface area contributed by atoms with Crippen molar-refractivity contribution in [1.82, 2.24) is 4.98 Å².